The van der Waals surface area contributed by atoms with E-state index in [2.05, 4.69) is 23.7 Å². The number of imidazole rings is 1. The van der Waals surface area contributed by atoms with Crippen molar-refractivity contribution in [1.29, 1.82) is 0 Å². The van der Waals surface area contributed by atoms with E-state index < -0.39 is 0 Å². The second kappa shape index (κ2) is 8.76. The highest BCUT2D eigenvalue weighted by atomic mass is 35.5. The highest BCUT2D eigenvalue weighted by Gasteiger charge is 2.22. The summed E-state index contributed by atoms with van der Waals surface area (Å²) in [5.41, 5.74) is 3.43. The number of nitrogens with zero attached hydrogens (tertiary/aromatic N) is 3. The van der Waals surface area contributed by atoms with Crippen molar-refractivity contribution >= 4 is 28.6 Å². The van der Waals surface area contributed by atoms with Crippen molar-refractivity contribution in [2.45, 2.75) is 39.2 Å². The van der Waals surface area contributed by atoms with E-state index in [0.717, 1.165) is 30.7 Å². The van der Waals surface area contributed by atoms with Crippen LogP contribution in [0.2, 0.25) is 5.02 Å². The summed E-state index contributed by atoms with van der Waals surface area (Å²) in [5.74, 6) is 0.313. The Morgan fingerprint density at radius 2 is 1.87 bits per heavy atom. The van der Waals surface area contributed by atoms with Gasteiger partial charge in [0.2, 0.25) is 0 Å². The summed E-state index contributed by atoms with van der Waals surface area (Å²) in [6.45, 7) is 6.97. The highest BCUT2D eigenvalue weighted by molar-refractivity contribution is 6.31. The molecular formula is C23H26ClN3O3. The standard InChI is InChI=1S/C23H26ClN3O3/c1-15-11-27(12-16(2)30-15)13-17-4-6-18(7-5-17)23(28)29-14-22-25-20-10-19(24)8-9-21(20)26(22)3/h4-10,15-16H,11-14H2,1-3H3. The first-order valence-electron chi connectivity index (χ1n) is 10.1. The van der Waals surface area contributed by atoms with Gasteiger partial charge in [-0.05, 0) is 49.7 Å². The van der Waals surface area contributed by atoms with Crippen LogP contribution in [-0.2, 0) is 29.7 Å². The maximum atomic E-state index is 12.5. The molecule has 2 aromatic carbocycles. The molecule has 0 bridgehead atoms. The zero-order chi connectivity index (χ0) is 21.3. The third-order valence-electron chi connectivity index (χ3n) is 5.36. The van der Waals surface area contributed by atoms with Crippen molar-refractivity contribution in [2.75, 3.05) is 13.1 Å². The third kappa shape index (κ3) is 4.67. The monoisotopic (exact) mass is 427 g/mol. The van der Waals surface area contributed by atoms with Gasteiger partial charge in [0.1, 0.15) is 12.4 Å². The van der Waals surface area contributed by atoms with Crippen LogP contribution in [0.25, 0.3) is 11.0 Å². The van der Waals surface area contributed by atoms with Gasteiger partial charge in [-0.1, -0.05) is 23.7 Å². The second-order valence-corrected chi connectivity index (χ2v) is 8.38. The molecule has 30 heavy (non-hydrogen) atoms. The molecule has 6 nitrogen and oxygen atoms in total. The van der Waals surface area contributed by atoms with E-state index in [0.29, 0.717) is 16.4 Å². The van der Waals surface area contributed by atoms with E-state index >= 15 is 0 Å². The lowest BCUT2D eigenvalue weighted by Gasteiger charge is -2.35. The topological polar surface area (TPSA) is 56.6 Å². The smallest absolute Gasteiger partial charge is 0.338 e. The molecule has 0 aliphatic carbocycles. The molecule has 2 atom stereocenters. The number of aryl methyl sites for hydroxylation is 1. The molecule has 2 unspecified atom stereocenters. The van der Waals surface area contributed by atoms with Gasteiger partial charge in [0.25, 0.3) is 0 Å². The fourth-order valence-corrected chi connectivity index (χ4v) is 4.15. The van der Waals surface area contributed by atoms with Crippen molar-refractivity contribution < 1.29 is 14.3 Å². The predicted octanol–water partition coefficient (Wildman–Crippen LogP) is 4.19. The number of rotatable bonds is 5. The lowest BCUT2D eigenvalue weighted by molar-refractivity contribution is -0.0704. The average molecular weight is 428 g/mol. The molecule has 1 fully saturated rings. The van der Waals surface area contributed by atoms with Gasteiger partial charge in [0.15, 0.2) is 0 Å². The Balaban J connectivity index is 1.36. The lowest BCUT2D eigenvalue weighted by Crippen LogP contribution is -2.44. The highest BCUT2D eigenvalue weighted by Crippen LogP contribution is 2.20. The number of esters is 1. The first kappa shape index (κ1) is 20.8. The van der Waals surface area contributed by atoms with Crippen LogP contribution in [0, 0.1) is 0 Å². The molecule has 0 saturated carbocycles. The summed E-state index contributed by atoms with van der Waals surface area (Å²) < 4.78 is 13.2. The van der Waals surface area contributed by atoms with Crippen LogP contribution in [0.1, 0.15) is 35.6 Å². The van der Waals surface area contributed by atoms with E-state index in [9.17, 15) is 4.79 Å². The van der Waals surface area contributed by atoms with E-state index in [1.165, 1.54) is 5.56 Å². The minimum Gasteiger partial charge on any atom is -0.454 e. The fourth-order valence-electron chi connectivity index (χ4n) is 3.98. The number of halogens is 1. The van der Waals surface area contributed by atoms with Crippen molar-refractivity contribution in [3.8, 4) is 0 Å². The summed E-state index contributed by atoms with van der Waals surface area (Å²) in [4.78, 5) is 19.4. The Kier molecular flexibility index (Phi) is 6.09. The zero-order valence-electron chi connectivity index (χ0n) is 17.5. The van der Waals surface area contributed by atoms with Gasteiger partial charge in [0.05, 0.1) is 28.8 Å². The summed E-state index contributed by atoms with van der Waals surface area (Å²) in [7, 11) is 1.90. The quantitative estimate of drug-likeness (QED) is 0.571. The molecule has 0 amide bonds. The minimum absolute atomic E-state index is 0.104. The molecule has 1 aromatic heterocycles. The Morgan fingerprint density at radius 1 is 1.17 bits per heavy atom. The molecule has 2 heterocycles. The zero-order valence-corrected chi connectivity index (χ0v) is 18.2. The molecule has 0 spiro atoms. The minimum atomic E-state index is -0.361. The number of hydrogen-bond acceptors (Lipinski definition) is 5. The Labute approximate surface area is 181 Å². The van der Waals surface area contributed by atoms with Crippen molar-refractivity contribution in [3.63, 3.8) is 0 Å². The first-order valence-corrected chi connectivity index (χ1v) is 10.5. The Hall–Kier alpha value is -2.41. The van der Waals surface area contributed by atoms with Crippen molar-refractivity contribution in [2.24, 2.45) is 7.05 Å². The molecule has 158 valence electrons. The second-order valence-electron chi connectivity index (χ2n) is 7.94. The van der Waals surface area contributed by atoms with Crippen molar-refractivity contribution in [1.82, 2.24) is 14.5 Å². The summed E-state index contributed by atoms with van der Waals surface area (Å²) in [6, 6.07) is 13.1. The SMILES string of the molecule is CC1CN(Cc2ccc(C(=O)OCc3nc4cc(Cl)ccc4n3C)cc2)CC(C)O1. The fraction of sp³-hybridized carbons (Fsp3) is 0.391. The van der Waals surface area contributed by atoms with Crippen LogP contribution < -0.4 is 0 Å². The molecule has 1 aliphatic heterocycles. The Bertz CT molecular complexity index is 1040. The van der Waals surface area contributed by atoms with Crippen LogP contribution in [0.4, 0.5) is 0 Å². The third-order valence-corrected chi connectivity index (χ3v) is 5.59. The number of aromatic nitrogens is 2. The molecule has 1 saturated heterocycles. The van der Waals surface area contributed by atoms with Crippen LogP contribution in [0.3, 0.4) is 0 Å². The summed E-state index contributed by atoms with van der Waals surface area (Å²) >= 11 is 6.03. The molecule has 0 N–H and O–H groups in total. The maximum absolute atomic E-state index is 12.5. The number of ether oxygens (including phenoxy) is 2. The Morgan fingerprint density at radius 3 is 2.57 bits per heavy atom. The normalized spacial score (nSPS) is 19.9. The van der Waals surface area contributed by atoms with Crippen LogP contribution in [0.15, 0.2) is 42.5 Å². The number of carbonyl (C=O) groups is 1. The molecule has 0 radical (unpaired) electrons. The molecule has 7 heteroatoms. The number of benzene rings is 2. The van der Waals surface area contributed by atoms with Gasteiger partial charge in [0, 0.05) is 31.7 Å². The van der Waals surface area contributed by atoms with Gasteiger partial charge in [-0.2, -0.15) is 0 Å². The van der Waals surface area contributed by atoms with Gasteiger partial charge in [-0.25, -0.2) is 9.78 Å². The molecule has 3 aromatic rings. The first-order chi connectivity index (χ1) is 14.4. The number of morpholine rings is 1. The average Bonchev–Trinajstić information content (AvgIpc) is 3.00. The van der Waals surface area contributed by atoms with Crippen LogP contribution >= 0.6 is 11.6 Å². The number of fused-ring (bicyclic) bond motifs is 1. The van der Waals surface area contributed by atoms with Gasteiger partial charge >= 0.3 is 5.97 Å². The predicted molar refractivity (Wildman–Crippen MR) is 117 cm³/mol. The van der Waals surface area contributed by atoms with E-state index in [-0.39, 0.29) is 24.8 Å². The van der Waals surface area contributed by atoms with E-state index in [1.807, 2.05) is 48.0 Å². The van der Waals surface area contributed by atoms with Crippen LogP contribution in [0.5, 0.6) is 0 Å². The van der Waals surface area contributed by atoms with Gasteiger partial charge in [-0.15, -0.1) is 0 Å². The van der Waals surface area contributed by atoms with Crippen molar-refractivity contribution in [3.05, 3.63) is 64.4 Å². The maximum Gasteiger partial charge on any atom is 0.338 e. The van der Waals surface area contributed by atoms with Crippen LogP contribution in [-0.4, -0.2) is 45.7 Å². The van der Waals surface area contributed by atoms with Gasteiger partial charge < -0.3 is 14.0 Å². The number of carbonyl (C=O) groups excluding carboxylic acids is 1. The summed E-state index contributed by atoms with van der Waals surface area (Å²) in [6.07, 6.45) is 0.476. The molecular weight excluding hydrogens is 402 g/mol. The number of hydrogen-bond donors (Lipinski definition) is 0. The van der Waals surface area contributed by atoms with Gasteiger partial charge in [-0.3, -0.25) is 4.90 Å². The summed E-state index contributed by atoms with van der Waals surface area (Å²) in [5, 5.41) is 0.630. The largest absolute Gasteiger partial charge is 0.454 e. The molecule has 1 aliphatic rings. The molecule has 4 rings (SSSR count). The lowest BCUT2D eigenvalue weighted by atomic mass is 10.1. The van der Waals surface area contributed by atoms with E-state index in [1.54, 1.807) is 6.07 Å². The van der Waals surface area contributed by atoms with E-state index in [4.69, 9.17) is 21.1 Å².